The molecule has 0 saturated carbocycles. The molecule has 0 unspecified atom stereocenters. The Labute approximate surface area is 191 Å². The molecule has 2 rings (SSSR count). The fourth-order valence-corrected chi connectivity index (χ4v) is 3.98. The molecule has 1 fully saturated rings. The van der Waals surface area contributed by atoms with E-state index in [2.05, 4.69) is 18.4 Å². The normalized spacial score (nSPS) is 21.9. The van der Waals surface area contributed by atoms with Gasteiger partial charge in [-0.15, -0.1) is 0 Å². The molecule has 1 heterocycles. The number of aliphatic carboxylic acids is 1. The summed E-state index contributed by atoms with van der Waals surface area (Å²) >= 11 is 0. The topological polar surface area (TPSA) is 40.5 Å². The van der Waals surface area contributed by atoms with E-state index in [-0.39, 0.29) is 5.56 Å². The number of alkyl halides is 8. The second kappa shape index (κ2) is 10.3. The molecule has 11 heteroatoms. The van der Waals surface area contributed by atoms with Crippen LogP contribution in [0.1, 0.15) is 49.8 Å². The first-order chi connectivity index (χ1) is 15.5. The lowest BCUT2D eigenvalue weighted by Crippen LogP contribution is -2.53. The monoisotopic (exact) mass is 497 g/mol. The van der Waals surface area contributed by atoms with Crippen molar-refractivity contribution in [2.24, 2.45) is 5.92 Å². The molecular formula is C23H23F8NO2. The van der Waals surface area contributed by atoms with Crippen LogP contribution in [0.3, 0.4) is 0 Å². The number of piperidine rings is 1. The minimum Gasteiger partial charge on any atom is -0.481 e. The molecule has 1 aromatic carbocycles. The van der Waals surface area contributed by atoms with Crippen LogP contribution in [0.5, 0.6) is 0 Å². The van der Waals surface area contributed by atoms with Crippen molar-refractivity contribution in [3.8, 4) is 11.8 Å². The van der Waals surface area contributed by atoms with E-state index in [1.54, 1.807) is 0 Å². The second-order valence-corrected chi connectivity index (χ2v) is 8.24. The SMILES string of the molecule is C=C(C)C#C[C@H](CCC(F)(F)F)N1CCC(F)(F)[C@H](CC(=O)O)[C@H]1c1ccc(C(F)(F)F)cc1. The number of carboxylic acids is 1. The van der Waals surface area contributed by atoms with Crippen molar-refractivity contribution >= 4 is 5.97 Å². The number of carbonyl (C=O) groups is 1. The van der Waals surface area contributed by atoms with Gasteiger partial charge in [0.1, 0.15) is 0 Å². The van der Waals surface area contributed by atoms with Crippen LogP contribution in [0.4, 0.5) is 35.1 Å². The molecule has 3 atom stereocenters. The van der Waals surface area contributed by atoms with Gasteiger partial charge in [-0.2, -0.15) is 26.3 Å². The van der Waals surface area contributed by atoms with Crippen molar-refractivity contribution in [3.63, 3.8) is 0 Å². The lowest BCUT2D eigenvalue weighted by atomic mass is 9.78. The number of nitrogens with zero attached hydrogens (tertiary/aromatic N) is 1. The van der Waals surface area contributed by atoms with Crippen molar-refractivity contribution in [3.05, 3.63) is 47.5 Å². The molecule has 0 spiro atoms. The second-order valence-electron chi connectivity index (χ2n) is 8.24. The number of carboxylic acid groups (broad SMARTS) is 1. The molecule has 3 nitrogen and oxygen atoms in total. The maximum atomic E-state index is 14.9. The van der Waals surface area contributed by atoms with Crippen molar-refractivity contribution in [1.29, 1.82) is 0 Å². The fourth-order valence-electron chi connectivity index (χ4n) is 3.98. The predicted octanol–water partition coefficient (Wildman–Crippen LogP) is 6.47. The molecule has 0 aliphatic carbocycles. The van der Waals surface area contributed by atoms with Crippen LogP contribution in [-0.4, -0.2) is 40.7 Å². The molecular weight excluding hydrogens is 474 g/mol. The predicted molar refractivity (Wildman–Crippen MR) is 108 cm³/mol. The molecule has 188 valence electrons. The van der Waals surface area contributed by atoms with E-state index in [1.165, 1.54) is 11.8 Å². The van der Waals surface area contributed by atoms with Gasteiger partial charge in [0.25, 0.3) is 5.92 Å². The van der Waals surface area contributed by atoms with Crippen molar-refractivity contribution in [2.45, 2.75) is 63.0 Å². The highest BCUT2D eigenvalue weighted by Crippen LogP contribution is 2.48. The first kappa shape index (κ1) is 27.6. The van der Waals surface area contributed by atoms with E-state index in [0.29, 0.717) is 17.7 Å². The lowest BCUT2D eigenvalue weighted by molar-refractivity contribution is -0.163. The van der Waals surface area contributed by atoms with Crippen molar-refractivity contribution in [2.75, 3.05) is 6.54 Å². The number of hydrogen-bond donors (Lipinski definition) is 1. The molecule has 1 saturated heterocycles. The van der Waals surface area contributed by atoms with Crippen LogP contribution in [0, 0.1) is 17.8 Å². The van der Waals surface area contributed by atoms with Crippen LogP contribution in [0.25, 0.3) is 0 Å². The summed E-state index contributed by atoms with van der Waals surface area (Å²) < 4.78 is 107. The summed E-state index contributed by atoms with van der Waals surface area (Å²) in [5.74, 6) is -1.82. The molecule has 0 bridgehead atoms. The Morgan fingerprint density at radius 1 is 1.21 bits per heavy atom. The molecule has 34 heavy (non-hydrogen) atoms. The maximum Gasteiger partial charge on any atom is 0.416 e. The van der Waals surface area contributed by atoms with Crippen LogP contribution < -0.4 is 0 Å². The van der Waals surface area contributed by atoms with Gasteiger partial charge in [-0.05, 0) is 36.6 Å². The molecule has 1 aromatic rings. The zero-order valence-electron chi connectivity index (χ0n) is 18.1. The first-order valence-electron chi connectivity index (χ1n) is 10.3. The summed E-state index contributed by atoms with van der Waals surface area (Å²) in [6.45, 7) is 4.62. The summed E-state index contributed by atoms with van der Waals surface area (Å²) in [6, 6.07) is 0.552. The number of hydrogen-bond acceptors (Lipinski definition) is 2. The molecule has 0 amide bonds. The van der Waals surface area contributed by atoms with E-state index in [1.807, 2.05) is 0 Å². The van der Waals surface area contributed by atoms with Gasteiger partial charge in [0.05, 0.1) is 23.9 Å². The van der Waals surface area contributed by atoms with Crippen molar-refractivity contribution < 1.29 is 45.0 Å². The van der Waals surface area contributed by atoms with Gasteiger partial charge in [-0.25, -0.2) is 8.78 Å². The zero-order valence-corrected chi connectivity index (χ0v) is 18.1. The average Bonchev–Trinajstić information content (AvgIpc) is 2.68. The highest BCUT2D eigenvalue weighted by Gasteiger charge is 2.52. The van der Waals surface area contributed by atoms with Gasteiger partial charge in [0.2, 0.25) is 0 Å². The number of rotatable bonds is 6. The summed E-state index contributed by atoms with van der Waals surface area (Å²) in [5.41, 5.74) is -0.795. The molecule has 0 aromatic heterocycles. The van der Waals surface area contributed by atoms with Crippen LogP contribution in [0.15, 0.2) is 36.4 Å². The largest absolute Gasteiger partial charge is 0.481 e. The quantitative estimate of drug-likeness (QED) is 0.362. The molecule has 1 aliphatic rings. The average molecular weight is 497 g/mol. The molecule has 0 radical (unpaired) electrons. The third-order valence-electron chi connectivity index (χ3n) is 5.51. The minimum absolute atomic E-state index is 0.0623. The number of benzene rings is 1. The van der Waals surface area contributed by atoms with Crippen LogP contribution in [0.2, 0.25) is 0 Å². The zero-order chi connectivity index (χ0) is 25.9. The highest BCUT2D eigenvalue weighted by molar-refractivity contribution is 5.67. The van der Waals surface area contributed by atoms with Gasteiger partial charge in [-0.1, -0.05) is 30.6 Å². The number of allylic oxidation sites excluding steroid dienone is 1. The Morgan fingerprint density at radius 3 is 2.26 bits per heavy atom. The fraction of sp³-hybridized carbons (Fsp3) is 0.522. The van der Waals surface area contributed by atoms with Crippen LogP contribution >= 0.6 is 0 Å². The van der Waals surface area contributed by atoms with Crippen LogP contribution in [-0.2, 0) is 11.0 Å². The van der Waals surface area contributed by atoms with E-state index >= 15 is 0 Å². The summed E-state index contributed by atoms with van der Waals surface area (Å²) in [4.78, 5) is 12.6. The first-order valence-corrected chi connectivity index (χ1v) is 10.3. The van der Waals surface area contributed by atoms with Gasteiger partial charge in [-0.3, -0.25) is 9.69 Å². The number of halogens is 8. The summed E-state index contributed by atoms with van der Waals surface area (Å²) in [6.07, 6.45) is -13.0. The van der Waals surface area contributed by atoms with Gasteiger partial charge in [0, 0.05) is 25.4 Å². The smallest absolute Gasteiger partial charge is 0.416 e. The van der Waals surface area contributed by atoms with Gasteiger partial charge < -0.3 is 5.11 Å². The number of likely N-dealkylation sites (tertiary alicyclic amines) is 1. The van der Waals surface area contributed by atoms with E-state index in [4.69, 9.17) is 0 Å². The Balaban J connectivity index is 2.60. The third-order valence-corrected chi connectivity index (χ3v) is 5.51. The van der Waals surface area contributed by atoms with Gasteiger partial charge in [0.15, 0.2) is 0 Å². The van der Waals surface area contributed by atoms with E-state index < -0.39 is 80.0 Å². The van der Waals surface area contributed by atoms with E-state index in [0.717, 1.165) is 12.1 Å². The minimum atomic E-state index is -4.70. The van der Waals surface area contributed by atoms with E-state index in [9.17, 15) is 45.0 Å². The van der Waals surface area contributed by atoms with Gasteiger partial charge >= 0.3 is 18.3 Å². The summed E-state index contributed by atoms with van der Waals surface area (Å²) in [7, 11) is 0. The van der Waals surface area contributed by atoms with Crippen molar-refractivity contribution in [1.82, 2.24) is 4.90 Å². The summed E-state index contributed by atoms with van der Waals surface area (Å²) in [5, 5.41) is 9.24. The maximum absolute atomic E-state index is 14.9. The Bertz CT molecular complexity index is 941. The Morgan fingerprint density at radius 2 is 1.79 bits per heavy atom. The third kappa shape index (κ3) is 7.45. The lowest BCUT2D eigenvalue weighted by Gasteiger charge is -2.47. The standard InChI is InChI=1S/C23H23F8NO2/c1-14(2)3-8-17(9-10-22(26,27)28)32-12-11-21(24,25)18(13-19(33)34)20(32)15-4-6-16(7-5-15)23(29,30)31/h4-7,17-18,20H,1,9-13H2,2H3,(H,33,34)/t17-,18-,20-/m1/s1. The molecule has 1 N–H and O–H groups in total. The Hall–Kier alpha value is -2.61. The molecule has 1 aliphatic heterocycles. The Kier molecular flexibility index (Phi) is 8.40. The highest BCUT2D eigenvalue weighted by atomic mass is 19.4.